The molecule has 1 rings (SSSR count). The Morgan fingerprint density at radius 1 is 1.53 bits per heavy atom. The predicted octanol–water partition coefficient (Wildman–Crippen LogP) is 1.92. The molecule has 0 saturated carbocycles. The molecule has 15 heavy (non-hydrogen) atoms. The van der Waals surface area contributed by atoms with Gasteiger partial charge in [-0.1, -0.05) is 11.6 Å². The van der Waals surface area contributed by atoms with Crippen molar-refractivity contribution in [3.8, 4) is 0 Å². The van der Waals surface area contributed by atoms with E-state index in [0.717, 1.165) is 11.6 Å². The molecule has 0 fully saturated rings. The largest absolute Gasteiger partial charge is 0.349 e. The zero-order valence-corrected chi connectivity index (χ0v) is 8.75. The predicted molar refractivity (Wildman–Crippen MR) is 56.0 cm³/mol. The molecule has 1 heterocycles. The molecule has 4 heteroatoms. The molecule has 0 saturated heterocycles. The molecule has 1 N–H and O–H groups in total. The van der Waals surface area contributed by atoms with Gasteiger partial charge in [-0.2, -0.15) is 4.39 Å². The molecular formula is C11H13FN2O. The van der Waals surface area contributed by atoms with E-state index in [9.17, 15) is 9.18 Å². The number of carbonyl (C=O) groups excluding carboxylic acids is 1. The van der Waals surface area contributed by atoms with Crippen molar-refractivity contribution in [1.82, 2.24) is 10.3 Å². The van der Waals surface area contributed by atoms with E-state index in [4.69, 9.17) is 0 Å². The minimum Gasteiger partial charge on any atom is -0.349 e. The highest BCUT2D eigenvalue weighted by Gasteiger charge is 2.03. The number of rotatable bonds is 3. The summed E-state index contributed by atoms with van der Waals surface area (Å²) in [6, 6.07) is 2.57. The SMILES string of the molecule is CC(C)=CCNC(=O)c1ccc(F)nc1. The maximum atomic E-state index is 12.5. The zero-order chi connectivity index (χ0) is 11.3. The molecule has 1 amide bonds. The third-order valence-corrected chi connectivity index (χ3v) is 1.76. The molecule has 0 bridgehead atoms. The van der Waals surface area contributed by atoms with Crippen LogP contribution in [0.15, 0.2) is 30.0 Å². The van der Waals surface area contributed by atoms with E-state index in [1.807, 2.05) is 19.9 Å². The summed E-state index contributed by atoms with van der Waals surface area (Å²) in [6.45, 7) is 4.37. The number of aromatic nitrogens is 1. The van der Waals surface area contributed by atoms with E-state index < -0.39 is 5.95 Å². The van der Waals surface area contributed by atoms with E-state index in [1.165, 1.54) is 12.3 Å². The third kappa shape index (κ3) is 3.89. The lowest BCUT2D eigenvalue weighted by atomic mass is 10.2. The van der Waals surface area contributed by atoms with Gasteiger partial charge in [-0.25, -0.2) is 4.98 Å². The summed E-state index contributed by atoms with van der Waals surface area (Å²) in [4.78, 5) is 14.8. The quantitative estimate of drug-likeness (QED) is 0.609. The van der Waals surface area contributed by atoms with Crippen LogP contribution in [0.1, 0.15) is 24.2 Å². The molecular weight excluding hydrogens is 195 g/mol. The molecule has 0 radical (unpaired) electrons. The highest BCUT2D eigenvalue weighted by atomic mass is 19.1. The topological polar surface area (TPSA) is 42.0 Å². The first-order valence-electron chi connectivity index (χ1n) is 4.62. The van der Waals surface area contributed by atoms with Gasteiger partial charge in [0.25, 0.3) is 5.91 Å². The Labute approximate surface area is 88.0 Å². The zero-order valence-electron chi connectivity index (χ0n) is 8.75. The summed E-state index contributed by atoms with van der Waals surface area (Å²) in [5, 5.41) is 2.67. The Bertz CT molecular complexity index is 367. The van der Waals surface area contributed by atoms with Crippen LogP contribution >= 0.6 is 0 Å². The van der Waals surface area contributed by atoms with Crippen molar-refractivity contribution in [3.63, 3.8) is 0 Å². The second kappa shape index (κ2) is 5.24. The number of allylic oxidation sites excluding steroid dienone is 1. The van der Waals surface area contributed by atoms with Crippen LogP contribution in [0.4, 0.5) is 4.39 Å². The van der Waals surface area contributed by atoms with Crippen LogP contribution < -0.4 is 5.32 Å². The highest BCUT2D eigenvalue weighted by molar-refractivity contribution is 5.93. The van der Waals surface area contributed by atoms with Crippen LogP contribution in [0, 0.1) is 5.95 Å². The van der Waals surface area contributed by atoms with Gasteiger partial charge in [0.05, 0.1) is 5.56 Å². The maximum Gasteiger partial charge on any atom is 0.253 e. The van der Waals surface area contributed by atoms with Crippen LogP contribution in [-0.4, -0.2) is 17.4 Å². The van der Waals surface area contributed by atoms with E-state index in [1.54, 1.807) is 0 Å². The second-order valence-electron chi connectivity index (χ2n) is 3.36. The smallest absolute Gasteiger partial charge is 0.253 e. The maximum absolute atomic E-state index is 12.5. The molecule has 0 aliphatic heterocycles. The van der Waals surface area contributed by atoms with E-state index >= 15 is 0 Å². The van der Waals surface area contributed by atoms with Gasteiger partial charge in [-0.3, -0.25) is 4.79 Å². The van der Waals surface area contributed by atoms with Gasteiger partial charge in [0, 0.05) is 12.7 Å². The highest BCUT2D eigenvalue weighted by Crippen LogP contribution is 1.98. The number of carbonyl (C=O) groups is 1. The van der Waals surface area contributed by atoms with Crippen LogP contribution in [0.3, 0.4) is 0 Å². The average molecular weight is 208 g/mol. The summed E-state index contributed by atoms with van der Waals surface area (Å²) in [5.41, 5.74) is 1.49. The van der Waals surface area contributed by atoms with Crippen LogP contribution in [-0.2, 0) is 0 Å². The number of hydrogen-bond acceptors (Lipinski definition) is 2. The normalized spacial score (nSPS) is 9.53. The Balaban J connectivity index is 2.54. The van der Waals surface area contributed by atoms with Crippen LogP contribution in [0.5, 0.6) is 0 Å². The molecule has 0 aromatic carbocycles. The molecule has 80 valence electrons. The van der Waals surface area contributed by atoms with Crippen molar-refractivity contribution < 1.29 is 9.18 Å². The fourth-order valence-electron chi connectivity index (χ4n) is 0.960. The lowest BCUT2D eigenvalue weighted by Crippen LogP contribution is -2.23. The van der Waals surface area contributed by atoms with Crippen molar-refractivity contribution in [2.24, 2.45) is 0 Å². The lowest BCUT2D eigenvalue weighted by Gasteiger charge is -2.01. The molecule has 0 spiro atoms. The van der Waals surface area contributed by atoms with Crippen molar-refractivity contribution in [2.75, 3.05) is 6.54 Å². The fraction of sp³-hybridized carbons (Fsp3) is 0.273. The van der Waals surface area contributed by atoms with E-state index in [0.29, 0.717) is 12.1 Å². The summed E-state index contributed by atoms with van der Waals surface area (Å²) in [5.74, 6) is -0.837. The second-order valence-corrected chi connectivity index (χ2v) is 3.36. The van der Waals surface area contributed by atoms with Gasteiger partial charge in [0.1, 0.15) is 0 Å². The number of halogens is 1. The number of nitrogens with one attached hydrogen (secondary N) is 1. The minimum absolute atomic E-state index is 0.250. The van der Waals surface area contributed by atoms with Crippen molar-refractivity contribution in [1.29, 1.82) is 0 Å². The van der Waals surface area contributed by atoms with Gasteiger partial charge in [-0.05, 0) is 26.0 Å². The van der Waals surface area contributed by atoms with Crippen molar-refractivity contribution in [2.45, 2.75) is 13.8 Å². The van der Waals surface area contributed by atoms with Gasteiger partial charge < -0.3 is 5.32 Å². The van der Waals surface area contributed by atoms with Crippen LogP contribution in [0.25, 0.3) is 0 Å². The Hall–Kier alpha value is -1.71. The molecule has 0 atom stereocenters. The first-order valence-corrected chi connectivity index (χ1v) is 4.62. The molecule has 0 unspecified atom stereocenters. The van der Waals surface area contributed by atoms with Crippen molar-refractivity contribution in [3.05, 3.63) is 41.5 Å². The van der Waals surface area contributed by atoms with Gasteiger partial charge >= 0.3 is 0 Å². The van der Waals surface area contributed by atoms with Gasteiger partial charge in [-0.15, -0.1) is 0 Å². The number of amides is 1. The molecule has 0 aliphatic carbocycles. The number of nitrogens with zero attached hydrogens (tertiary/aromatic N) is 1. The third-order valence-electron chi connectivity index (χ3n) is 1.76. The number of pyridine rings is 1. The molecule has 1 aromatic rings. The Morgan fingerprint density at radius 3 is 2.80 bits per heavy atom. The first-order chi connectivity index (χ1) is 7.09. The summed E-state index contributed by atoms with van der Waals surface area (Å²) in [6.07, 6.45) is 3.11. The van der Waals surface area contributed by atoms with Gasteiger partial charge in [0.15, 0.2) is 0 Å². The summed E-state index contributed by atoms with van der Waals surface area (Å²) >= 11 is 0. The molecule has 3 nitrogen and oxygen atoms in total. The van der Waals surface area contributed by atoms with Crippen molar-refractivity contribution >= 4 is 5.91 Å². The molecule has 0 aliphatic rings. The fourth-order valence-corrected chi connectivity index (χ4v) is 0.960. The monoisotopic (exact) mass is 208 g/mol. The Morgan fingerprint density at radius 2 is 2.27 bits per heavy atom. The van der Waals surface area contributed by atoms with E-state index in [-0.39, 0.29) is 5.91 Å². The summed E-state index contributed by atoms with van der Waals surface area (Å²) < 4.78 is 12.5. The standard InChI is InChI=1S/C11H13FN2O/c1-8(2)5-6-13-11(15)9-3-4-10(12)14-7-9/h3-5,7H,6H2,1-2H3,(H,13,15). The average Bonchev–Trinajstić information content (AvgIpc) is 2.18. The summed E-state index contributed by atoms with van der Waals surface area (Å²) in [7, 11) is 0. The van der Waals surface area contributed by atoms with E-state index in [2.05, 4.69) is 10.3 Å². The molecule has 1 aromatic heterocycles. The lowest BCUT2D eigenvalue weighted by molar-refractivity contribution is 0.0957. The van der Waals surface area contributed by atoms with Gasteiger partial charge in [0.2, 0.25) is 5.95 Å². The Kier molecular flexibility index (Phi) is 3.97. The first kappa shape index (κ1) is 11.4. The minimum atomic E-state index is -0.587. The van der Waals surface area contributed by atoms with Crippen LogP contribution in [0.2, 0.25) is 0 Å². The number of hydrogen-bond donors (Lipinski definition) is 1.